The number of benzene rings is 2. The molecule has 0 aliphatic rings. The van der Waals surface area contributed by atoms with Gasteiger partial charge in [0.05, 0.1) is 23.1 Å². The average Bonchev–Trinajstić information content (AvgIpc) is 2.49. The zero-order valence-corrected chi connectivity index (χ0v) is 13.0. The Balaban J connectivity index is 2.00. The molecule has 0 radical (unpaired) electrons. The fourth-order valence-corrected chi connectivity index (χ4v) is 2.37. The predicted molar refractivity (Wildman–Crippen MR) is 83.0 cm³/mol. The Kier molecular flexibility index (Phi) is 5.16. The predicted octanol–water partition coefficient (Wildman–Crippen LogP) is 3.99. The van der Waals surface area contributed by atoms with E-state index in [1.54, 1.807) is 43.5 Å². The van der Waals surface area contributed by atoms with Crippen LogP contribution in [0.5, 0.6) is 11.5 Å². The van der Waals surface area contributed by atoms with Gasteiger partial charge in [-0.3, -0.25) is 10.1 Å². The summed E-state index contributed by atoms with van der Waals surface area (Å²) in [4.78, 5) is 10.5. The first-order valence-corrected chi connectivity index (χ1v) is 7.09. The number of halogens is 1. The molecule has 0 saturated carbocycles. The van der Waals surface area contributed by atoms with Crippen molar-refractivity contribution in [3.05, 3.63) is 62.6 Å². The second-order valence-electron chi connectivity index (χ2n) is 4.28. The third kappa shape index (κ3) is 3.95. The number of hydrogen-bond acceptors (Lipinski definition) is 4. The third-order valence-corrected chi connectivity index (χ3v) is 3.58. The Morgan fingerprint density at radius 1 is 1.24 bits per heavy atom. The number of hydrogen-bond donors (Lipinski definition) is 0. The minimum atomic E-state index is -0.376. The van der Waals surface area contributed by atoms with E-state index >= 15 is 0 Å². The average molecular weight is 352 g/mol. The van der Waals surface area contributed by atoms with Crippen LogP contribution in [0.25, 0.3) is 0 Å². The molecule has 21 heavy (non-hydrogen) atoms. The standard InChI is InChI=1S/C15H14BrNO4/c1-20-12-6-7-15(13(16)10-12)21-9-8-11-4-2-3-5-14(11)17(18)19/h2-7,10H,8-9H2,1H3. The van der Waals surface area contributed by atoms with Crippen LogP contribution in [-0.2, 0) is 6.42 Å². The first kappa shape index (κ1) is 15.3. The van der Waals surface area contributed by atoms with Crippen molar-refractivity contribution in [2.24, 2.45) is 0 Å². The molecular weight excluding hydrogens is 338 g/mol. The molecule has 0 aromatic heterocycles. The molecule has 0 N–H and O–H groups in total. The van der Waals surface area contributed by atoms with Gasteiger partial charge in [0.25, 0.3) is 5.69 Å². The summed E-state index contributed by atoms with van der Waals surface area (Å²) in [6.07, 6.45) is 0.468. The summed E-state index contributed by atoms with van der Waals surface area (Å²) in [6, 6.07) is 12.1. The molecule has 0 amide bonds. The van der Waals surface area contributed by atoms with Crippen molar-refractivity contribution < 1.29 is 14.4 Å². The topological polar surface area (TPSA) is 61.6 Å². The molecule has 0 spiro atoms. The Hall–Kier alpha value is -2.08. The first-order chi connectivity index (χ1) is 10.1. The van der Waals surface area contributed by atoms with Crippen molar-refractivity contribution in [1.29, 1.82) is 0 Å². The van der Waals surface area contributed by atoms with Crippen LogP contribution < -0.4 is 9.47 Å². The minimum absolute atomic E-state index is 0.120. The molecule has 0 unspecified atom stereocenters. The van der Waals surface area contributed by atoms with Crippen molar-refractivity contribution in [1.82, 2.24) is 0 Å². The Labute approximate surface area is 130 Å². The lowest BCUT2D eigenvalue weighted by Crippen LogP contribution is -2.04. The highest BCUT2D eigenvalue weighted by Gasteiger charge is 2.12. The van der Waals surface area contributed by atoms with Crippen molar-refractivity contribution in [2.45, 2.75) is 6.42 Å². The lowest BCUT2D eigenvalue weighted by atomic mass is 10.1. The summed E-state index contributed by atoms with van der Waals surface area (Å²) in [5, 5.41) is 10.9. The van der Waals surface area contributed by atoms with Crippen LogP contribution in [0.15, 0.2) is 46.9 Å². The molecule has 5 nitrogen and oxygen atoms in total. The maximum Gasteiger partial charge on any atom is 0.272 e. The maximum absolute atomic E-state index is 10.9. The van der Waals surface area contributed by atoms with Gasteiger partial charge in [-0.25, -0.2) is 0 Å². The summed E-state index contributed by atoms with van der Waals surface area (Å²) in [5.74, 6) is 1.40. The first-order valence-electron chi connectivity index (χ1n) is 6.30. The second-order valence-corrected chi connectivity index (χ2v) is 5.13. The van der Waals surface area contributed by atoms with Gasteiger partial charge in [0.15, 0.2) is 0 Å². The molecule has 0 aliphatic carbocycles. The number of nitro benzene ring substituents is 1. The van der Waals surface area contributed by atoms with E-state index < -0.39 is 0 Å². The number of methoxy groups -OCH3 is 1. The third-order valence-electron chi connectivity index (χ3n) is 2.96. The number of para-hydroxylation sites is 1. The quantitative estimate of drug-likeness (QED) is 0.583. The van der Waals surface area contributed by atoms with Crippen LogP contribution in [0.2, 0.25) is 0 Å². The van der Waals surface area contributed by atoms with E-state index in [0.717, 1.165) is 10.2 Å². The monoisotopic (exact) mass is 351 g/mol. The van der Waals surface area contributed by atoms with Crippen molar-refractivity contribution in [3.63, 3.8) is 0 Å². The van der Waals surface area contributed by atoms with E-state index in [2.05, 4.69) is 15.9 Å². The van der Waals surface area contributed by atoms with E-state index in [1.165, 1.54) is 6.07 Å². The van der Waals surface area contributed by atoms with Crippen LogP contribution in [0, 0.1) is 10.1 Å². The van der Waals surface area contributed by atoms with E-state index in [-0.39, 0.29) is 10.6 Å². The van der Waals surface area contributed by atoms with Crippen LogP contribution in [0.4, 0.5) is 5.69 Å². The Morgan fingerprint density at radius 3 is 2.67 bits per heavy atom. The zero-order valence-electron chi connectivity index (χ0n) is 11.4. The number of ether oxygens (including phenoxy) is 2. The molecule has 0 heterocycles. The Bertz CT molecular complexity index is 645. The van der Waals surface area contributed by atoms with Crippen molar-refractivity contribution in [3.8, 4) is 11.5 Å². The van der Waals surface area contributed by atoms with Gasteiger partial charge in [-0.15, -0.1) is 0 Å². The molecule has 0 aliphatic heterocycles. The van der Waals surface area contributed by atoms with Crippen LogP contribution >= 0.6 is 15.9 Å². The van der Waals surface area contributed by atoms with Gasteiger partial charge in [0, 0.05) is 18.1 Å². The molecule has 0 bridgehead atoms. The van der Waals surface area contributed by atoms with Crippen molar-refractivity contribution in [2.75, 3.05) is 13.7 Å². The van der Waals surface area contributed by atoms with E-state index in [0.29, 0.717) is 24.3 Å². The summed E-state index contributed by atoms with van der Waals surface area (Å²) in [7, 11) is 1.59. The fraction of sp³-hybridized carbons (Fsp3) is 0.200. The van der Waals surface area contributed by atoms with Gasteiger partial charge in [0.2, 0.25) is 0 Å². The summed E-state index contributed by atoms with van der Waals surface area (Å²) in [5.41, 5.74) is 0.780. The summed E-state index contributed by atoms with van der Waals surface area (Å²) < 4.78 is 11.5. The normalized spacial score (nSPS) is 10.2. The van der Waals surface area contributed by atoms with Gasteiger partial charge in [0.1, 0.15) is 11.5 Å². The SMILES string of the molecule is COc1ccc(OCCc2ccccc2[N+](=O)[O-])c(Br)c1. The lowest BCUT2D eigenvalue weighted by molar-refractivity contribution is -0.385. The molecule has 6 heteroatoms. The fourth-order valence-electron chi connectivity index (χ4n) is 1.90. The highest BCUT2D eigenvalue weighted by atomic mass is 79.9. The zero-order chi connectivity index (χ0) is 15.2. The Morgan fingerprint density at radius 2 is 2.00 bits per heavy atom. The molecule has 0 atom stereocenters. The van der Waals surface area contributed by atoms with Gasteiger partial charge in [-0.2, -0.15) is 0 Å². The van der Waals surface area contributed by atoms with Crippen LogP contribution in [-0.4, -0.2) is 18.6 Å². The number of nitrogens with zero attached hydrogens (tertiary/aromatic N) is 1. The van der Waals surface area contributed by atoms with E-state index in [1.807, 2.05) is 0 Å². The summed E-state index contributed by atoms with van der Waals surface area (Å²) in [6.45, 7) is 0.357. The molecule has 2 rings (SSSR count). The van der Waals surface area contributed by atoms with Gasteiger partial charge < -0.3 is 9.47 Å². The maximum atomic E-state index is 10.9. The highest BCUT2D eigenvalue weighted by molar-refractivity contribution is 9.10. The van der Waals surface area contributed by atoms with E-state index in [9.17, 15) is 10.1 Å². The molecule has 2 aromatic rings. The molecule has 2 aromatic carbocycles. The highest BCUT2D eigenvalue weighted by Crippen LogP contribution is 2.29. The van der Waals surface area contributed by atoms with Crippen LogP contribution in [0.1, 0.15) is 5.56 Å². The lowest BCUT2D eigenvalue weighted by Gasteiger charge is -2.09. The van der Waals surface area contributed by atoms with Gasteiger partial charge in [-0.05, 0) is 34.1 Å². The molecular formula is C15H14BrNO4. The molecule has 0 fully saturated rings. The largest absolute Gasteiger partial charge is 0.497 e. The van der Waals surface area contributed by atoms with Gasteiger partial charge in [-0.1, -0.05) is 18.2 Å². The van der Waals surface area contributed by atoms with Gasteiger partial charge >= 0.3 is 0 Å². The smallest absolute Gasteiger partial charge is 0.272 e. The number of rotatable bonds is 6. The second kappa shape index (κ2) is 7.08. The molecule has 0 saturated heterocycles. The van der Waals surface area contributed by atoms with Crippen molar-refractivity contribution >= 4 is 21.6 Å². The molecule has 110 valence electrons. The van der Waals surface area contributed by atoms with Crippen LogP contribution in [0.3, 0.4) is 0 Å². The summed E-state index contributed by atoms with van der Waals surface area (Å²) >= 11 is 3.40. The minimum Gasteiger partial charge on any atom is -0.497 e. The van der Waals surface area contributed by atoms with E-state index in [4.69, 9.17) is 9.47 Å². The number of nitro groups is 1.